The Kier molecular flexibility index (Phi) is 4.35. The van der Waals surface area contributed by atoms with Gasteiger partial charge < -0.3 is 10.0 Å². The van der Waals surface area contributed by atoms with Crippen molar-refractivity contribution in [1.29, 1.82) is 0 Å². The molecule has 1 aromatic rings. The number of benzene rings is 1. The molecular formula is C13H19NO2. The van der Waals surface area contributed by atoms with E-state index in [1.54, 1.807) is 0 Å². The lowest BCUT2D eigenvalue weighted by Gasteiger charge is -2.22. The highest BCUT2D eigenvalue weighted by Gasteiger charge is 2.06. The number of carboxylic acid groups (broad SMARTS) is 1. The van der Waals surface area contributed by atoms with Crippen molar-refractivity contribution in [3.63, 3.8) is 0 Å². The van der Waals surface area contributed by atoms with E-state index in [0.29, 0.717) is 6.42 Å². The van der Waals surface area contributed by atoms with Crippen LogP contribution in [0.2, 0.25) is 0 Å². The molecule has 0 spiro atoms. The second kappa shape index (κ2) is 5.54. The molecule has 0 aliphatic rings. The van der Waals surface area contributed by atoms with Crippen LogP contribution < -0.4 is 4.90 Å². The Morgan fingerprint density at radius 1 is 1.38 bits per heavy atom. The SMILES string of the molecule is Cc1cccc(N(C)CCCC(=O)O)c1C. The first-order valence-corrected chi connectivity index (χ1v) is 5.51. The molecule has 0 fully saturated rings. The summed E-state index contributed by atoms with van der Waals surface area (Å²) in [4.78, 5) is 12.5. The van der Waals surface area contributed by atoms with E-state index in [-0.39, 0.29) is 6.42 Å². The maximum atomic E-state index is 10.4. The zero-order valence-electron chi connectivity index (χ0n) is 10.2. The molecule has 0 saturated heterocycles. The number of hydrogen-bond donors (Lipinski definition) is 1. The summed E-state index contributed by atoms with van der Waals surface area (Å²) in [5.41, 5.74) is 3.72. The molecule has 0 aliphatic heterocycles. The van der Waals surface area contributed by atoms with Crippen LogP contribution in [-0.2, 0) is 4.79 Å². The Labute approximate surface area is 96.7 Å². The van der Waals surface area contributed by atoms with Gasteiger partial charge in [-0.3, -0.25) is 4.79 Å². The van der Waals surface area contributed by atoms with Gasteiger partial charge in [-0.1, -0.05) is 12.1 Å². The predicted octanol–water partition coefficient (Wildman–Crippen LogP) is 2.60. The first kappa shape index (κ1) is 12.6. The lowest BCUT2D eigenvalue weighted by molar-refractivity contribution is -0.137. The van der Waals surface area contributed by atoms with Crippen LogP contribution in [0.25, 0.3) is 0 Å². The highest BCUT2D eigenvalue weighted by atomic mass is 16.4. The zero-order valence-corrected chi connectivity index (χ0v) is 10.2. The minimum absolute atomic E-state index is 0.231. The molecule has 0 unspecified atom stereocenters. The van der Waals surface area contributed by atoms with Gasteiger partial charge in [0, 0.05) is 25.7 Å². The molecule has 0 atom stereocenters. The second-order valence-corrected chi connectivity index (χ2v) is 4.14. The summed E-state index contributed by atoms with van der Waals surface area (Å²) in [5, 5.41) is 8.58. The van der Waals surface area contributed by atoms with Crippen LogP contribution in [0, 0.1) is 13.8 Å². The van der Waals surface area contributed by atoms with Crippen molar-refractivity contribution in [3.05, 3.63) is 29.3 Å². The number of aryl methyl sites for hydroxylation is 1. The fraction of sp³-hybridized carbons (Fsp3) is 0.462. The minimum Gasteiger partial charge on any atom is -0.481 e. The third kappa shape index (κ3) is 3.26. The van der Waals surface area contributed by atoms with Crippen molar-refractivity contribution < 1.29 is 9.90 Å². The summed E-state index contributed by atoms with van der Waals surface area (Å²) in [6.45, 7) is 4.96. The summed E-state index contributed by atoms with van der Waals surface area (Å²) in [5.74, 6) is -0.727. The standard InChI is InChI=1S/C13H19NO2/c1-10-6-4-7-12(11(10)2)14(3)9-5-8-13(15)16/h4,6-7H,5,8-9H2,1-3H3,(H,15,16). The highest BCUT2D eigenvalue weighted by molar-refractivity contribution is 5.66. The zero-order chi connectivity index (χ0) is 12.1. The average molecular weight is 221 g/mol. The molecule has 0 radical (unpaired) electrons. The highest BCUT2D eigenvalue weighted by Crippen LogP contribution is 2.21. The Hall–Kier alpha value is -1.51. The summed E-state index contributed by atoms with van der Waals surface area (Å²) in [6, 6.07) is 6.19. The Bertz CT molecular complexity index is 374. The van der Waals surface area contributed by atoms with Gasteiger partial charge in [-0.25, -0.2) is 0 Å². The van der Waals surface area contributed by atoms with Gasteiger partial charge in [-0.15, -0.1) is 0 Å². The smallest absolute Gasteiger partial charge is 0.303 e. The topological polar surface area (TPSA) is 40.5 Å². The van der Waals surface area contributed by atoms with E-state index in [9.17, 15) is 4.79 Å². The van der Waals surface area contributed by atoms with Gasteiger partial charge in [0.05, 0.1) is 0 Å². The van der Waals surface area contributed by atoms with Gasteiger partial charge in [-0.05, 0) is 37.5 Å². The monoisotopic (exact) mass is 221 g/mol. The summed E-state index contributed by atoms with van der Waals surface area (Å²) < 4.78 is 0. The van der Waals surface area contributed by atoms with Crippen molar-refractivity contribution >= 4 is 11.7 Å². The molecule has 1 aromatic carbocycles. The summed E-state index contributed by atoms with van der Waals surface area (Å²) in [6.07, 6.45) is 0.911. The van der Waals surface area contributed by atoms with Crippen molar-refractivity contribution in [2.75, 3.05) is 18.5 Å². The molecule has 88 valence electrons. The quantitative estimate of drug-likeness (QED) is 0.830. The van der Waals surface area contributed by atoms with Crippen LogP contribution in [0.5, 0.6) is 0 Å². The third-order valence-electron chi connectivity index (χ3n) is 2.87. The number of aliphatic carboxylic acids is 1. The molecule has 0 amide bonds. The van der Waals surface area contributed by atoms with Crippen molar-refractivity contribution in [3.8, 4) is 0 Å². The van der Waals surface area contributed by atoms with Gasteiger partial charge in [0.25, 0.3) is 0 Å². The Morgan fingerprint density at radius 3 is 2.69 bits per heavy atom. The van der Waals surface area contributed by atoms with E-state index in [1.165, 1.54) is 16.8 Å². The number of nitrogens with zero attached hydrogens (tertiary/aromatic N) is 1. The van der Waals surface area contributed by atoms with E-state index in [1.807, 2.05) is 13.1 Å². The van der Waals surface area contributed by atoms with Crippen molar-refractivity contribution in [2.45, 2.75) is 26.7 Å². The molecule has 16 heavy (non-hydrogen) atoms. The first-order chi connectivity index (χ1) is 7.52. The lowest BCUT2D eigenvalue weighted by Crippen LogP contribution is -2.20. The number of hydrogen-bond acceptors (Lipinski definition) is 2. The van der Waals surface area contributed by atoms with Crippen molar-refractivity contribution in [2.24, 2.45) is 0 Å². The fourth-order valence-electron chi connectivity index (χ4n) is 1.74. The Balaban J connectivity index is 2.62. The molecule has 1 rings (SSSR count). The van der Waals surface area contributed by atoms with E-state index < -0.39 is 5.97 Å². The molecular weight excluding hydrogens is 202 g/mol. The van der Waals surface area contributed by atoms with Crippen molar-refractivity contribution in [1.82, 2.24) is 0 Å². The van der Waals surface area contributed by atoms with Gasteiger partial charge in [0.2, 0.25) is 0 Å². The van der Waals surface area contributed by atoms with Crippen LogP contribution in [0.1, 0.15) is 24.0 Å². The van der Waals surface area contributed by atoms with Crippen LogP contribution in [0.4, 0.5) is 5.69 Å². The van der Waals surface area contributed by atoms with E-state index >= 15 is 0 Å². The number of rotatable bonds is 5. The molecule has 0 bridgehead atoms. The molecule has 0 heterocycles. The van der Waals surface area contributed by atoms with Gasteiger partial charge >= 0.3 is 5.97 Å². The molecule has 1 N–H and O–H groups in total. The normalized spacial score (nSPS) is 10.2. The predicted molar refractivity (Wildman–Crippen MR) is 66.1 cm³/mol. The second-order valence-electron chi connectivity index (χ2n) is 4.14. The number of anilines is 1. The number of carbonyl (C=O) groups is 1. The van der Waals surface area contributed by atoms with Crippen LogP contribution in [0.3, 0.4) is 0 Å². The lowest BCUT2D eigenvalue weighted by atomic mass is 10.1. The Morgan fingerprint density at radius 2 is 2.06 bits per heavy atom. The minimum atomic E-state index is -0.727. The fourth-order valence-corrected chi connectivity index (χ4v) is 1.74. The molecule has 0 aliphatic carbocycles. The first-order valence-electron chi connectivity index (χ1n) is 5.51. The van der Waals surface area contributed by atoms with Crippen LogP contribution >= 0.6 is 0 Å². The van der Waals surface area contributed by atoms with Gasteiger partial charge in [0.15, 0.2) is 0 Å². The maximum absolute atomic E-state index is 10.4. The van der Waals surface area contributed by atoms with Gasteiger partial charge in [-0.2, -0.15) is 0 Å². The molecule has 0 saturated carbocycles. The van der Waals surface area contributed by atoms with E-state index in [0.717, 1.165) is 6.54 Å². The third-order valence-corrected chi connectivity index (χ3v) is 2.87. The van der Waals surface area contributed by atoms with E-state index in [2.05, 4.69) is 30.9 Å². The van der Waals surface area contributed by atoms with Crippen LogP contribution in [-0.4, -0.2) is 24.7 Å². The molecule has 3 nitrogen and oxygen atoms in total. The van der Waals surface area contributed by atoms with Gasteiger partial charge in [0.1, 0.15) is 0 Å². The van der Waals surface area contributed by atoms with Crippen LogP contribution in [0.15, 0.2) is 18.2 Å². The summed E-state index contributed by atoms with van der Waals surface area (Å²) in [7, 11) is 2.00. The summed E-state index contributed by atoms with van der Waals surface area (Å²) >= 11 is 0. The largest absolute Gasteiger partial charge is 0.481 e. The van der Waals surface area contributed by atoms with E-state index in [4.69, 9.17) is 5.11 Å². The molecule has 0 aromatic heterocycles. The average Bonchev–Trinajstić information content (AvgIpc) is 2.21. The number of carboxylic acids is 1. The molecule has 3 heteroatoms. The maximum Gasteiger partial charge on any atom is 0.303 e.